The van der Waals surface area contributed by atoms with E-state index < -0.39 is 11.0 Å². The van der Waals surface area contributed by atoms with Gasteiger partial charge in [0.05, 0.1) is 6.61 Å². The van der Waals surface area contributed by atoms with Crippen LogP contribution in [0.4, 0.5) is 13.2 Å². The summed E-state index contributed by atoms with van der Waals surface area (Å²) in [6.07, 6.45) is -0.117. The van der Waals surface area contributed by atoms with E-state index >= 15 is 0 Å². The normalized spacial score (nSPS) is 14.4. The maximum Gasteiger partial charge on any atom is 0.403 e. The van der Waals surface area contributed by atoms with E-state index in [0.29, 0.717) is 6.61 Å². The summed E-state index contributed by atoms with van der Waals surface area (Å²) in [4.78, 5) is -1.54. The number of halogens is 4. The summed E-state index contributed by atoms with van der Waals surface area (Å²) < 4.78 is 40.8. The Morgan fingerprint density at radius 3 is 2.36 bits per heavy atom. The van der Waals surface area contributed by atoms with Gasteiger partial charge in [-0.2, -0.15) is 13.2 Å². The Bertz CT molecular complexity index is 139. The van der Waals surface area contributed by atoms with Crippen molar-refractivity contribution in [3.05, 3.63) is 0 Å². The van der Waals surface area contributed by atoms with Crippen molar-refractivity contribution in [3.63, 3.8) is 0 Å². The number of hydrogen-bond acceptors (Lipinski definition) is 1. The molecule has 0 saturated carbocycles. The molecule has 0 N–H and O–H groups in total. The SMILES string of the molecule is CCCCCCOCC(Br)C(F)(F)F. The topological polar surface area (TPSA) is 9.23 Å². The lowest BCUT2D eigenvalue weighted by molar-refractivity contribution is -0.137. The summed E-state index contributed by atoms with van der Waals surface area (Å²) in [7, 11) is 0. The van der Waals surface area contributed by atoms with Crippen LogP contribution in [0.3, 0.4) is 0 Å². The van der Waals surface area contributed by atoms with Crippen LogP contribution in [0.5, 0.6) is 0 Å². The van der Waals surface area contributed by atoms with Crippen LogP contribution >= 0.6 is 15.9 Å². The molecule has 1 unspecified atom stereocenters. The summed E-state index contributed by atoms with van der Waals surface area (Å²) in [5.74, 6) is 0. The standard InChI is InChI=1S/C9H16BrF3O/c1-2-3-4-5-6-14-7-8(10)9(11,12)13/h8H,2-7H2,1H3. The smallest absolute Gasteiger partial charge is 0.380 e. The van der Waals surface area contributed by atoms with Gasteiger partial charge in [-0.15, -0.1) is 0 Å². The average molecular weight is 277 g/mol. The van der Waals surface area contributed by atoms with Gasteiger partial charge in [0, 0.05) is 6.61 Å². The fourth-order valence-corrected chi connectivity index (χ4v) is 1.10. The molecule has 0 fully saturated rings. The number of unbranched alkanes of at least 4 members (excludes halogenated alkanes) is 3. The van der Waals surface area contributed by atoms with Gasteiger partial charge in [0.1, 0.15) is 4.83 Å². The van der Waals surface area contributed by atoms with E-state index in [2.05, 4.69) is 22.9 Å². The van der Waals surface area contributed by atoms with E-state index in [9.17, 15) is 13.2 Å². The first kappa shape index (κ1) is 14.2. The highest BCUT2D eigenvalue weighted by Crippen LogP contribution is 2.26. The predicted octanol–water partition coefficient (Wildman–Crippen LogP) is 3.91. The van der Waals surface area contributed by atoms with Crippen LogP contribution in [0.15, 0.2) is 0 Å². The Labute approximate surface area is 91.1 Å². The quantitative estimate of drug-likeness (QED) is 0.506. The van der Waals surface area contributed by atoms with Crippen molar-refractivity contribution in [3.8, 4) is 0 Å². The molecule has 14 heavy (non-hydrogen) atoms. The Morgan fingerprint density at radius 2 is 1.86 bits per heavy atom. The molecular weight excluding hydrogens is 261 g/mol. The Morgan fingerprint density at radius 1 is 1.21 bits per heavy atom. The van der Waals surface area contributed by atoms with Crippen LogP contribution in [0.25, 0.3) is 0 Å². The molecule has 0 bridgehead atoms. The minimum absolute atomic E-state index is 0.296. The highest BCUT2D eigenvalue weighted by atomic mass is 79.9. The van der Waals surface area contributed by atoms with E-state index in [4.69, 9.17) is 4.74 Å². The number of ether oxygens (including phenoxy) is 1. The molecule has 1 nitrogen and oxygen atoms in total. The minimum atomic E-state index is -4.20. The van der Waals surface area contributed by atoms with Gasteiger partial charge in [0.25, 0.3) is 0 Å². The molecule has 0 amide bonds. The lowest BCUT2D eigenvalue weighted by Crippen LogP contribution is -2.27. The molecule has 0 heterocycles. The second-order valence-electron chi connectivity index (χ2n) is 3.14. The van der Waals surface area contributed by atoms with Gasteiger partial charge >= 0.3 is 6.18 Å². The van der Waals surface area contributed by atoms with Gasteiger partial charge in [-0.1, -0.05) is 42.1 Å². The first-order valence-corrected chi connectivity index (χ1v) is 5.68. The summed E-state index contributed by atoms with van der Waals surface area (Å²) in [5, 5.41) is 0. The van der Waals surface area contributed by atoms with Gasteiger partial charge in [-0.3, -0.25) is 0 Å². The van der Waals surface area contributed by atoms with Crippen molar-refractivity contribution >= 4 is 15.9 Å². The largest absolute Gasteiger partial charge is 0.403 e. The van der Waals surface area contributed by atoms with Crippen LogP contribution in [0.2, 0.25) is 0 Å². The summed E-state index contributed by atoms with van der Waals surface area (Å²) in [5.41, 5.74) is 0. The predicted molar refractivity (Wildman–Crippen MR) is 53.7 cm³/mol. The van der Waals surface area contributed by atoms with Crippen LogP contribution in [0.1, 0.15) is 32.6 Å². The fraction of sp³-hybridized carbons (Fsp3) is 1.00. The summed E-state index contributed by atoms with van der Waals surface area (Å²) in [6.45, 7) is 2.20. The molecule has 1 atom stereocenters. The molecule has 86 valence electrons. The molecule has 0 saturated heterocycles. The molecule has 0 aliphatic rings. The third kappa shape index (κ3) is 7.62. The maximum atomic E-state index is 12.0. The van der Waals surface area contributed by atoms with Crippen LogP contribution in [0, 0.1) is 0 Å². The van der Waals surface area contributed by atoms with Gasteiger partial charge in [-0.25, -0.2) is 0 Å². The van der Waals surface area contributed by atoms with Crippen molar-refractivity contribution in [1.82, 2.24) is 0 Å². The van der Waals surface area contributed by atoms with Gasteiger partial charge in [-0.05, 0) is 6.42 Å². The zero-order valence-corrected chi connectivity index (χ0v) is 9.83. The third-order valence-corrected chi connectivity index (χ3v) is 2.55. The lowest BCUT2D eigenvalue weighted by atomic mass is 10.2. The number of rotatable bonds is 7. The zero-order valence-electron chi connectivity index (χ0n) is 8.24. The first-order chi connectivity index (χ1) is 6.48. The third-order valence-electron chi connectivity index (χ3n) is 1.76. The van der Waals surface area contributed by atoms with Gasteiger partial charge in [0.2, 0.25) is 0 Å². The molecule has 0 rings (SSSR count). The Balaban J connectivity index is 3.28. The number of hydrogen-bond donors (Lipinski definition) is 0. The maximum absolute atomic E-state index is 12.0. The van der Waals surface area contributed by atoms with Crippen molar-refractivity contribution < 1.29 is 17.9 Å². The first-order valence-electron chi connectivity index (χ1n) is 4.77. The van der Waals surface area contributed by atoms with E-state index in [-0.39, 0.29) is 6.61 Å². The van der Waals surface area contributed by atoms with Crippen LogP contribution in [-0.2, 0) is 4.74 Å². The Kier molecular flexibility index (Phi) is 7.64. The second-order valence-corrected chi connectivity index (χ2v) is 4.25. The second kappa shape index (κ2) is 7.51. The van der Waals surface area contributed by atoms with Crippen molar-refractivity contribution in [2.24, 2.45) is 0 Å². The minimum Gasteiger partial charge on any atom is -0.380 e. The molecule has 0 radical (unpaired) electrons. The summed E-state index contributed by atoms with van der Waals surface area (Å²) in [6, 6.07) is 0. The van der Waals surface area contributed by atoms with Crippen molar-refractivity contribution in [1.29, 1.82) is 0 Å². The van der Waals surface area contributed by atoms with Crippen LogP contribution in [-0.4, -0.2) is 24.2 Å². The van der Waals surface area contributed by atoms with Gasteiger partial charge < -0.3 is 4.74 Å². The highest BCUT2D eigenvalue weighted by molar-refractivity contribution is 9.09. The lowest BCUT2D eigenvalue weighted by Gasteiger charge is -2.13. The molecule has 0 aliphatic carbocycles. The average Bonchev–Trinajstić information content (AvgIpc) is 2.09. The molecule has 0 aliphatic heterocycles. The molecule has 0 aromatic heterocycles. The van der Waals surface area contributed by atoms with Crippen molar-refractivity contribution in [2.75, 3.05) is 13.2 Å². The molecule has 0 spiro atoms. The monoisotopic (exact) mass is 276 g/mol. The molecule has 5 heteroatoms. The Hall–Kier alpha value is 0.230. The van der Waals surface area contributed by atoms with E-state index in [1.165, 1.54) is 0 Å². The van der Waals surface area contributed by atoms with E-state index in [1.54, 1.807) is 0 Å². The number of alkyl halides is 4. The fourth-order valence-electron chi connectivity index (χ4n) is 0.912. The van der Waals surface area contributed by atoms with Gasteiger partial charge in [0.15, 0.2) is 0 Å². The highest BCUT2D eigenvalue weighted by Gasteiger charge is 2.37. The summed E-state index contributed by atoms with van der Waals surface area (Å²) >= 11 is 2.53. The van der Waals surface area contributed by atoms with E-state index in [1.807, 2.05) is 0 Å². The van der Waals surface area contributed by atoms with Crippen LogP contribution < -0.4 is 0 Å². The molecular formula is C9H16BrF3O. The van der Waals surface area contributed by atoms with E-state index in [0.717, 1.165) is 25.7 Å². The van der Waals surface area contributed by atoms with Crippen molar-refractivity contribution in [2.45, 2.75) is 43.6 Å². The molecule has 0 aromatic rings. The molecule has 0 aromatic carbocycles. The zero-order chi connectivity index (χ0) is 11.0.